The molecule has 0 unspecified atom stereocenters. The lowest BCUT2D eigenvalue weighted by Gasteiger charge is -1.99. The molecule has 15 heavy (non-hydrogen) atoms. The molecule has 0 bridgehead atoms. The molecule has 0 aliphatic rings. The lowest BCUT2D eigenvalue weighted by Crippen LogP contribution is -2.18. The summed E-state index contributed by atoms with van der Waals surface area (Å²) in [6, 6.07) is 3.70. The average molecular weight is 289 g/mol. The minimum absolute atomic E-state index is 0.404. The molecule has 0 saturated heterocycles. The molecule has 0 N–H and O–H groups in total. The highest BCUT2D eigenvalue weighted by Crippen LogP contribution is 2.29. The smallest absolute Gasteiger partial charge is 0.316 e. The molecule has 2 aromatic heterocycles. The van der Waals surface area contributed by atoms with Crippen LogP contribution in [0.3, 0.4) is 0 Å². The van der Waals surface area contributed by atoms with Crippen molar-refractivity contribution < 1.29 is 9.63 Å². The zero-order valence-corrected chi connectivity index (χ0v) is 9.95. The molecule has 8 heteroatoms. The van der Waals surface area contributed by atoms with Crippen LogP contribution < -0.4 is 4.84 Å². The fourth-order valence-corrected chi connectivity index (χ4v) is 2.29. The summed E-state index contributed by atoms with van der Waals surface area (Å²) in [4.78, 5) is 17.4. The van der Waals surface area contributed by atoms with E-state index < -0.39 is 5.97 Å². The highest BCUT2D eigenvalue weighted by atomic mass is 79.9. The van der Waals surface area contributed by atoms with Crippen molar-refractivity contribution in [2.75, 3.05) is 0 Å². The topological polar surface area (TPSA) is 69.9 Å². The van der Waals surface area contributed by atoms with Crippen LogP contribution in [0.1, 0.15) is 6.92 Å². The first-order valence-corrected chi connectivity index (χ1v) is 5.51. The Morgan fingerprint density at radius 2 is 2.40 bits per heavy atom. The van der Waals surface area contributed by atoms with Crippen molar-refractivity contribution in [2.45, 2.75) is 6.92 Å². The fraction of sp³-hybridized carbons (Fsp3) is 0.143. The van der Waals surface area contributed by atoms with E-state index in [2.05, 4.69) is 31.5 Å². The summed E-state index contributed by atoms with van der Waals surface area (Å²) in [6.45, 7) is 1.29. The van der Waals surface area contributed by atoms with Crippen LogP contribution in [-0.4, -0.2) is 26.3 Å². The molecule has 0 atom stereocenters. The van der Waals surface area contributed by atoms with E-state index in [9.17, 15) is 4.79 Å². The summed E-state index contributed by atoms with van der Waals surface area (Å²) in [6.07, 6.45) is 0. The Hall–Kier alpha value is -1.28. The molecule has 0 radical (unpaired) electrons. The van der Waals surface area contributed by atoms with Gasteiger partial charge in [0, 0.05) is 6.92 Å². The normalized spacial score (nSPS) is 10.3. The number of thiophene rings is 1. The zero-order chi connectivity index (χ0) is 10.8. The van der Waals surface area contributed by atoms with Crippen molar-refractivity contribution >= 4 is 33.2 Å². The third-order valence-electron chi connectivity index (χ3n) is 1.45. The number of carbonyl (C=O) groups excluding carboxylic acids is 1. The van der Waals surface area contributed by atoms with Crippen LogP contribution in [0.25, 0.3) is 10.7 Å². The molecule has 0 aliphatic carbocycles. The molecule has 0 aromatic carbocycles. The van der Waals surface area contributed by atoms with E-state index in [0.29, 0.717) is 5.82 Å². The molecule has 0 spiro atoms. The van der Waals surface area contributed by atoms with E-state index in [-0.39, 0.29) is 0 Å². The van der Waals surface area contributed by atoms with E-state index in [4.69, 9.17) is 4.84 Å². The number of hydrogen-bond donors (Lipinski definition) is 0. The molecule has 2 rings (SSSR count). The van der Waals surface area contributed by atoms with Crippen molar-refractivity contribution in [3.63, 3.8) is 0 Å². The standard InChI is InChI=1S/C7H5BrN4O2S/c1-4(13)14-12-7(9-10-11-12)5-2-3-6(8)15-5/h2-3H,1H3. The van der Waals surface area contributed by atoms with Crippen molar-refractivity contribution in [3.8, 4) is 10.7 Å². The van der Waals surface area contributed by atoms with Crippen LogP contribution in [0.15, 0.2) is 15.9 Å². The molecule has 0 saturated carbocycles. The maximum atomic E-state index is 10.8. The molecule has 2 heterocycles. The predicted octanol–water partition coefficient (Wildman–Crippen LogP) is 1.14. The van der Waals surface area contributed by atoms with Crippen molar-refractivity contribution in [3.05, 3.63) is 15.9 Å². The minimum Gasteiger partial charge on any atom is -0.316 e. The van der Waals surface area contributed by atoms with E-state index in [0.717, 1.165) is 13.5 Å². The Morgan fingerprint density at radius 3 is 3.00 bits per heavy atom. The largest absolute Gasteiger partial charge is 0.332 e. The van der Waals surface area contributed by atoms with Crippen molar-refractivity contribution in [1.29, 1.82) is 0 Å². The number of nitrogens with zero attached hydrogens (tertiary/aromatic N) is 4. The lowest BCUT2D eigenvalue weighted by molar-refractivity contribution is -0.143. The van der Waals surface area contributed by atoms with E-state index in [1.165, 1.54) is 18.3 Å². The first-order chi connectivity index (χ1) is 7.16. The van der Waals surface area contributed by atoms with E-state index in [1.54, 1.807) is 0 Å². The van der Waals surface area contributed by atoms with Crippen molar-refractivity contribution in [1.82, 2.24) is 20.4 Å². The third-order valence-corrected chi connectivity index (χ3v) is 3.07. The average Bonchev–Trinajstić information content (AvgIpc) is 2.72. The van der Waals surface area contributed by atoms with Gasteiger partial charge in [-0.15, -0.1) is 16.4 Å². The Kier molecular flexibility index (Phi) is 2.78. The van der Waals surface area contributed by atoms with Gasteiger partial charge < -0.3 is 4.84 Å². The second kappa shape index (κ2) is 4.07. The molecular weight excluding hydrogens is 284 g/mol. The SMILES string of the molecule is CC(=O)On1nnnc1-c1ccc(Br)s1. The van der Waals surface area contributed by atoms with Gasteiger partial charge in [0.15, 0.2) is 0 Å². The second-order valence-electron chi connectivity index (χ2n) is 2.56. The number of aromatic nitrogens is 4. The second-order valence-corrected chi connectivity index (χ2v) is 5.03. The van der Waals surface area contributed by atoms with Gasteiger partial charge >= 0.3 is 5.97 Å². The number of halogens is 1. The molecular formula is C7H5BrN4O2S. The Labute approximate surface area is 96.9 Å². The van der Waals surface area contributed by atoms with Crippen LogP contribution in [0.4, 0.5) is 0 Å². The van der Waals surface area contributed by atoms with E-state index in [1.807, 2.05) is 12.1 Å². The zero-order valence-electron chi connectivity index (χ0n) is 7.55. The molecule has 0 aliphatic heterocycles. The van der Waals surface area contributed by atoms with Gasteiger partial charge in [0.25, 0.3) is 0 Å². The van der Waals surface area contributed by atoms with Crippen LogP contribution in [0, 0.1) is 0 Å². The van der Waals surface area contributed by atoms with Crippen LogP contribution in [0.2, 0.25) is 0 Å². The highest BCUT2D eigenvalue weighted by molar-refractivity contribution is 9.11. The van der Waals surface area contributed by atoms with Gasteiger partial charge in [-0.05, 0) is 43.3 Å². The highest BCUT2D eigenvalue weighted by Gasteiger charge is 2.13. The van der Waals surface area contributed by atoms with Crippen molar-refractivity contribution in [2.24, 2.45) is 0 Å². The molecule has 6 nitrogen and oxygen atoms in total. The van der Waals surface area contributed by atoms with Crippen LogP contribution in [0.5, 0.6) is 0 Å². The van der Waals surface area contributed by atoms with Gasteiger partial charge in [-0.2, -0.15) is 0 Å². The van der Waals surface area contributed by atoms with Gasteiger partial charge in [0.1, 0.15) is 0 Å². The molecule has 0 amide bonds. The maximum Gasteiger partial charge on any atom is 0.332 e. The maximum absolute atomic E-state index is 10.8. The number of carbonyl (C=O) groups is 1. The molecule has 78 valence electrons. The minimum atomic E-state index is -0.473. The van der Waals surface area contributed by atoms with Gasteiger partial charge in [0.05, 0.1) is 8.66 Å². The quantitative estimate of drug-likeness (QED) is 0.775. The summed E-state index contributed by atoms with van der Waals surface area (Å²) in [5, 5.41) is 10.8. The summed E-state index contributed by atoms with van der Waals surface area (Å²) in [5.41, 5.74) is 0. The van der Waals surface area contributed by atoms with Gasteiger partial charge in [-0.3, -0.25) is 0 Å². The Morgan fingerprint density at radius 1 is 1.60 bits per heavy atom. The molecule has 2 aromatic rings. The first kappa shape index (κ1) is 10.2. The van der Waals surface area contributed by atoms with Gasteiger partial charge in [-0.25, -0.2) is 4.79 Å². The number of tetrazole rings is 1. The van der Waals surface area contributed by atoms with Gasteiger partial charge in [0.2, 0.25) is 5.82 Å². The first-order valence-electron chi connectivity index (χ1n) is 3.90. The monoisotopic (exact) mass is 288 g/mol. The lowest BCUT2D eigenvalue weighted by atomic mass is 10.4. The molecule has 0 fully saturated rings. The van der Waals surface area contributed by atoms with Gasteiger partial charge in [-0.1, -0.05) is 0 Å². The predicted molar refractivity (Wildman–Crippen MR) is 56.1 cm³/mol. The fourth-order valence-electron chi connectivity index (χ4n) is 0.941. The van der Waals surface area contributed by atoms with E-state index >= 15 is 0 Å². The Bertz CT molecular complexity index is 495. The number of hydrogen-bond acceptors (Lipinski definition) is 6. The summed E-state index contributed by atoms with van der Waals surface area (Å²) >= 11 is 4.77. The van der Waals surface area contributed by atoms with Crippen LogP contribution in [-0.2, 0) is 4.79 Å². The summed E-state index contributed by atoms with van der Waals surface area (Å²) in [5.74, 6) is -0.0694. The number of rotatable bonds is 2. The summed E-state index contributed by atoms with van der Waals surface area (Å²) < 4.78 is 0.954. The summed E-state index contributed by atoms with van der Waals surface area (Å²) in [7, 11) is 0. The van der Waals surface area contributed by atoms with Crippen LogP contribution >= 0.6 is 27.3 Å². The Balaban J connectivity index is 2.36. The third kappa shape index (κ3) is 2.21.